The van der Waals surface area contributed by atoms with Crippen molar-refractivity contribution in [2.45, 2.75) is 46.1 Å². The van der Waals surface area contributed by atoms with Crippen LogP contribution in [-0.4, -0.2) is 30.4 Å². The number of methoxy groups -OCH3 is 1. The smallest absolute Gasteiger partial charge is 0.316 e. The molecule has 0 amide bonds. The van der Waals surface area contributed by atoms with Gasteiger partial charge in [-0.15, -0.1) is 0 Å². The minimum Gasteiger partial charge on any atom is -0.468 e. The summed E-state index contributed by atoms with van der Waals surface area (Å²) >= 11 is 0. The molecule has 1 aliphatic rings. The van der Waals surface area contributed by atoms with E-state index in [2.05, 4.69) is 4.74 Å². The molecule has 0 heterocycles. The molecule has 0 saturated heterocycles. The lowest BCUT2D eigenvalue weighted by Gasteiger charge is -2.26. The quantitative estimate of drug-likeness (QED) is 0.577. The summed E-state index contributed by atoms with van der Waals surface area (Å²) in [4.78, 5) is 35.4. The van der Waals surface area contributed by atoms with E-state index in [0.717, 1.165) is 0 Å². The number of Topliss-reactive ketones (excluding diaryl/α,β-unsaturated/α-hetero) is 1. The first kappa shape index (κ1) is 15.7. The molecule has 1 saturated carbocycles. The summed E-state index contributed by atoms with van der Waals surface area (Å²) in [6.45, 7) is 7.06. The van der Waals surface area contributed by atoms with Crippen LogP contribution in [-0.2, 0) is 23.9 Å². The Labute approximate surface area is 113 Å². The van der Waals surface area contributed by atoms with Gasteiger partial charge in [0.2, 0.25) is 0 Å². The van der Waals surface area contributed by atoms with Crippen LogP contribution in [0, 0.1) is 17.8 Å². The molecule has 0 spiro atoms. The second-order valence-corrected chi connectivity index (χ2v) is 5.99. The molecule has 0 aliphatic heterocycles. The predicted molar refractivity (Wildman–Crippen MR) is 68.2 cm³/mol. The van der Waals surface area contributed by atoms with Crippen molar-refractivity contribution in [3.63, 3.8) is 0 Å². The number of rotatable bonds is 3. The first-order valence-corrected chi connectivity index (χ1v) is 6.50. The predicted octanol–water partition coefficient (Wildman–Crippen LogP) is 1.73. The van der Waals surface area contributed by atoms with E-state index in [1.807, 2.05) is 0 Å². The lowest BCUT2D eigenvalue weighted by molar-refractivity contribution is -0.163. The van der Waals surface area contributed by atoms with Crippen molar-refractivity contribution in [1.29, 1.82) is 0 Å². The third kappa shape index (κ3) is 3.78. The number of hydrogen-bond donors (Lipinski definition) is 0. The van der Waals surface area contributed by atoms with Crippen LogP contribution in [0.4, 0.5) is 0 Å². The van der Waals surface area contributed by atoms with E-state index in [4.69, 9.17) is 4.74 Å². The molecule has 5 nitrogen and oxygen atoms in total. The zero-order chi connectivity index (χ0) is 14.8. The van der Waals surface area contributed by atoms with Crippen LogP contribution >= 0.6 is 0 Å². The maximum atomic E-state index is 12.0. The Kier molecular flexibility index (Phi) is 4.71. The minimum atomic E-state index is -0.826. The van der Waals surface area contributed by atoms with Crippen LogP contribution in [0.1, 0.15) is 40.5 Å². The van der Waals surface area contributed by atoms with E-state index >= 15 is 0 Å². The van der Waals surface area contributed by atoms with Gasteiger partial charge in [-0.05, 0) is 33.1 Å². The standard InChI is InChI=1S/C14H22O5/c1-8(12(16)19-14(2,3)4)9-6-7-10(15)11(9)13(17)18-5/h8-9,11H,6-7H2,1-5H3/t8-,9-,11?/m1/s1. The van der Waals surface area contributed by atoms with Crippen LogP contribution < -0.4 is 0 Å². The largest absolute Gasteiger partial charge is 0.468 e. The van der Waals surface area contributed by atoms with Crippen LogP contribution in [0.25, 0.3) is 0 Å². The van der Waals surface area contributed by atoms with Crippen molar-refractivity contribution >= 4 is 17.7 Å². The Balaban J connectivity index is 2.80. The summed E-state index contributed by atoms with van der Waals surface area (Å²) in [7, 11) is 1.25. The molecular weight excluding hydrogens is 248 g/mol. The summed E-state index contributed by atoms with van der Waals surface area (Å²) in [5.74, 6) is -2.71. The molecule has 5 heteroatoms. The van der Waals surface area contributed by atoms with Crippen LogP contribution in [0.3, 0.4) is 0 Å². The minimum absolute atomic E-state index is 0.146. The van der Waals surface area contributed by atoms with Crippen LogP contribution in [0.15, 0.2) is 0 Å². The van der Waals surface area contributed by atoms with Gasteiger partial charge in [0.05, 0.1) is 13.0 Å². The zero-order valence-corrected chi connectivity index (χ0v) is 12.2. The highest BCUT2D eigenvalue weighted by Gasteiger charge is 2.46. The van der Waals surface area contributed by atoms with E-state index in [-0.39, 0.29) is 17.7 Å². The normalized spacial score (nSPS) is 25.0. The van der Waals surface area contributed by atoms with Gasteiger partial charge in [-0.25, -0.2) is 0 Å². The summed E-state index contributed by atoms with van der Waals surface area (Å²) in [6, 6.07) is 0. The second kappa shape index (κ2) is 5.72. The Bertz CT molecular complexity index is 380. The Hall–Kier alpha value is -1.39. The fraction of sp³-hybridized carbons (Fsp3) is 0.786. The van der Waals surface area contributed by atoms with Crippen LogP contribution in [0.2, 0.25) is 0 Å². The maximum absolute atomic E-state index is 12.0. The van der Waals surface area contributed by atoms with Gasteiger partial charge < -0.3 is 9.47 Å². The van der Waals surface area contributed by atoms with E-state index in [1.54, 1.807) is 27.7 Å². The maximum Gasteiger partial charge on any atom is 0.316 e. The Morgan fingerprint density at radius 3 is 2.37 bits per heavy atom. The molecule has 1 fully saturated rings. The second-order valence-electron chi connectivity index (χ2n) is 5.99. The fourth-order valence-corrected chi connectivity index (χ4v) is 2.41. The number of carbonyl (C=O) groups excluding carboxylic acids is 3. The molecule has 0 aromatic heterocycles. The van der Waals surface area contributed by atoms with Gasteiger partial charge in [0.1, 0.15) is 17.3 Å². The number of hydrogen-bond acceptors (Lipinski definition) is 5. The molecule has 3 atom stereocenters. The van der Waals surface area contributed by atoms with Crippen molar-refractivity contribution in [2.24, 2.45) is 17.8 Å². The number of ether oxygens (including phenoxy) is 2. The molecule has 1 aliphatic carbocycles. The van der Waals surface area contributed by atoms with Crippen molar-refractivity contribution < 1.29 is 23.9 Å². The van der Waals surface area contributed by atoms with Crippen molar-refractivity contribution in [1.82, 2.24) is 0 Å². The third-order valence-corrected chi connectivity index (χ3v) is 3.38. The zero-order valence-electron chi connectivity index (χ0n) is 12.2. The fourth-order valence-electron chi connectivity index (χ4n) is 2.41. The van der Waals surface area contributed by atoms with E-state index < -0.39 is 23.4 Å². The van der Waals surface area contributed by atoms with Crippen molar-refractivity contribution in [2.75, 3.05) is 7.11 Å². The summed E-state index contributed by atoms with van der Waals surface area (Å²) in [5, 5.41) is 0. The molecule has 0 radical (unpaired) electrons. The van der Waals surface area contributed by atoms with Crippen molar-refractivity contribution in [3.8, 4) is 0 Å². The lowest BCUT2D eigenvalue weighted by atomic mass is 9.84. The van der Waals surface area contributed by atoms with Gasteiger partial charge >= 0.3 is 11.9 Å². The molecule has 19 heavy (non-hydrogen) atoms. The lowest BCUT2D eigenvalue weighted by Crippen LogP contribution is -2.36. The molecular formula is C14H22O5. The Morgan fingerprint density at radius 1 is 1.32 bits per heavy atom. The highest BCUT2D eigenvalue weighted by atomic mass is 16.6. The molecule has 0 N–H and O–H groups in total. The summed E-state index contributed by atoms with van der Waals surface area (Å²) in [6.07, 6.45) is 0.844. The van der Waals surface area contributed by atoms with Gasteiger partial charge in [0, 0.05) is 6.42 Å². The first-order valence-electron chi connectivity index (χ1n) is 6.50. The van der Waals surface area contributed by atoms with Gasteiger partial charge in [-0.2, -0.15) is 0 Å². The van der Waals surface area contributed by atoms with Gasteiger partial charge in [-0.3, -0.25) is 14.4 Å². The van der Waals surface area contributed by atoms with Gasteiger partial charge in [0.25, 0.3) is 0 Å². The Morgan fingerprint density at radius 2 is 1.89 bits per heavy atom. The van der Waals surface area contributed by atoms with E-state index in [0.29, 0.717) is 12.8 Å². The van der Waals surface area contributed by atoms with E-state index in [9.17, 15) is 14.4 Å². The highest BCUT2D eigenvalue weighted by molar-refractivity contribution is 6.01. The van der Waals surface area contributed by atoms with Crippen LogP contribution in [0.5, 0.6) is 0 Å². The third-order valence-electron chi connectivity index (χ3n) is 3.38. The number of esters is 2. The molecule has 0 aromatic rings. The monoisotopic (exact) mass is 270 g/mol. The summed E-state index contributed by atoms with van der Waals surface area (Å²) < 4.78 is 9.96. The SMILES string of the molecule is COC(=O)C1C(=O)CC[C@@H]1[C@@H](C)C(=O)OC(C)(C)C. The summed E-state index contributed by atoms with van der Waals surface area (Å²) in [5.41, 5.74) is -0.575. The average molecular weight is 270 g/mol. The topological polar surface area (TPSA) is 69.7 Å². The number of carbonyl (C=O) groups is 3. The first-order chi connectivity index (χ1) is 8.67. The molecule has 108 valence electrons. The van der Waals surface area contributed by atoms with Crippen molar-refractivity contribution in [3.05, 3.63) is 0 Å². The van der Waals surface area contributed by atoms with E-state index in [1.165, 1.54) is 7.11 Å². The molecule has 1 unspecified atom stereocenters. The molecule has 1 rings (SSSR count). The van der Waals surface area contributed by atoms with Gasteiger partial charge in [-0.1, -0.05) is 6.92 Å². The molecule has 0 aromatic carbocycles. The van der Waals surface area contributed by atoms with Gasteiger partial charge in [0.15, 0.2) is 0 Å². The highest BCUT2D eigenvalue weighted by Crippen LogP contribution is 2.36. The average Bonchev–Trinajstić information content (AvgIpc) is 2.66. The molecule has 0 bridgehead atoms. The number of ketones is 1.